The predicted octanol–water partition coefficient (Wildman–Crippen LogP) is 2.03. The molecule has 14 heavy (non-hydrogen) atoms. The van der Waals surface area contributed by atoms with Crippen molar-refractivity contribution < 1.29 is 4.79 Å². The standard InChI is InChI=1S/C11H18N2O/c1-4-6-12-11(14)10-8(3)13-7-9(10)5-2/h7,13H,4-6H2,1-3H3,(H,12,14). The van der Waals surface area contributed by atoms with Gasteiger partial charge in [0.15, 0.2) is 0 Å². The highest BCUT2D eigenvalue weighted by atomic mass is 16.1. The van der Waals surface area contributed by atoms with Gasteiger partial charge in [0.25, 0.3) is 5.91 Å². The molecule has 0 aliphatic carbocycles. The third-order valence-corrected chi connectivity index (χ3v) is 2.30. The maximum atomic E-state index is 11.7. The van der Waals surface area contributed by atoms with Gasteiger partial charge in [-0.05, 0) is 25.3 Å². The van der Waals surface area contributed by atoms with Crippen molar-refractivity contribution in [2.45, 2.75) is 33.6 Å². The van der Waals surface area contributed by atoms with Gasteiger partial charge < -0.3 is 10.3 Å². The molecule has 0 aliphatic heterocycles. The van der Waals surface area contributed by atoms with Crippen LogP contribution in [0.2, 0.25) is 0 Å². The van der Waals surface area contributed by atoms with Crippen LogP contribution in [0, 0.1) is 6.92 Å². The molecule has 0 aromatic carbocycles. The fraction of sp³-hybridized carbons (Fsp3) is 0.545. The lowest BCUT2D eigenvalue weighted by atomic mass is 10.1. The number of aromatic nitrogens is 1. The molecule has 0 saturated heterocycles. The number of rotatable bonds is 4. The predicted molar refractivity (Wildman–Crippen MR) is 57.5 cm³/mol. The Hall–Kier alpha value is -1.25. The van der Waals surface area contributed by atoms with Crippen LogP contribution in [0.5, 0.6) is 0 Å². The first-order chi connectivity index (χ1) is 6.70. The van der Waals surface area contributed by atoms with Gasteiger partial charge in [0.1, 0.15) is 0 Å². The van der Waals surface area contributed by atoms with E-state index in [9.17, 15) is 4.79 Å². The number of aromatic amines is 1. The Labute approximate surface area is 84.9 Å². The van der Waals surface area contributed by atoms with Gasteiger partial charge >= 0.3 is 0 Å². The lowest BCUT2D eigenvalue weighted by Gasteiger charge is -2.04. The monoisotopic (exact) mass is 194 g/mol. The van der Waals surface area contributed by atoms with Crippen LogP contribution in [0.3, 0.4) is 0 Å². The lowest BCUT2D eigenvalue weighted by Crippen LogP contribution is -2.25. The first kappa shape index (κ1) is 10.8. The summed E-state index contributed by atoms with van der Waals surface area (Å²) in [6.45, 7) is 6.77. The molecule has 0 spiro atoms. The molecule has 0 bridgehead atoms. The molecule has 0 fully saturated rings. The Morgan fingerprint density at radius 3 is 2.79 bits per heavy atom. The topological polar surface area (TPSA) is 44.9 Å². The normalized spacial score (nSPS) is 10.2. The fourth-order valence-electron chi connectivity index (χ4n) is 1.50. The number of amides is 1. The molecule has 0 radical (unpaired) electrons. The second-order valence-electron chi connectivity index (χ2n) is 3.42. The van der Waals surface area contributed by atoms with E-state index in [0.717, 1.165) is 36.2 Å². The van der Waals surface area contributed by atoms with Crippen molar-refractivity contribution >= 4 is 5.91 Å². The molecule has 1 heterocycles. The molecule has 0 aliphatic rings. The van der Waals surface area contributed by atoms with E-state index in [2.05, 4.69) is 17.2 Å². The quantitative estimate of drug-likeness (QED) is 0.756. The van der Waals surface area contributed by atoms with Gasteiger partial charge in [-0.15, -0.1) is 0 Å². The van der Waals surface area contributed by atoms with Crippen LogP contribution in [0.25, 0.3) is 0 Å². The molecule has 1 aromatic rings. The largest absolute Gasteiger partial charge is 0.364 e. The van der Waals surface area contributed by atoms with Crippen molar-refractivity contribution in [3.8, 4) is 0 Å². The number of hydrogen-bond donors (Lipinski definition) is 2. The molecular formula is C11H18N2O. The van der Waals surface area contributed by atoms with Gasteiger partial charge in [-0.3, -0.25) is 4.79 Å². The summed E-state index contributed by atoms with van der Waals surface area (Å²) in [6, 6.07) is 0. The summed E-state index contributed by atoms with van der Waals surface area (Å²) in [7, 11) is 0. The summed E-state index contributed by atoms with van der Waals surface area (Å²) in [4.78, 5) is 14.8. The van der Waals surface area contributed by atoms with Crippen LogP contribution >= 0.6 is 0 Å². The first-order valence-corrected chi connectivity index (χ1v) is 5.15. The van der Waals surface area contributed by atoms with Gasteiger partial charge in [0, 0.05) is 18.4 Å². The van der Waals surface area contributed by atoms with Crippen molar-refractivity contribution in [3.63, 3.8) is 0 Å². The minimum atomic E-state index is 0.0439. The summed E-state index contributed by atoms with van der Waals surface area (Å²) < 4.78 is 0. The van der Waals surface area contributed by atoms with E-state index < -0.39 is 0 Å². The van der Waals surface area contributed by atoms with Crippen LogP contribution in [0.15, 0.2) is 6.20 Å². The molecule has 0 atom stereocenters. The zero-order valence-electron chi connectivity index (χ0n) is 9.11. The lowest BCUT2D eigenvalue weighted by molar-refractivity contribution is 0.0952. The second kappa shape index (κ2) is 4.84. The number of nitrogens with one attached hydrogen (secondary N) is 2. The molecule has 3 heteroatoms. The van der Waals surface area contributed by atoms with Crippen LogP contribution < -0.4 is 5.32 Å². The smallest absolute Gasteiger partial charge is 0.253 e. The summed E-state index contributed by atoms with van der Waals surface area (Å²) in [5, 5.41) is 2.89. The molecule has 0 saturated carbocycles. The molecule has 3 nitrogen and oxygen atoms in total. The van der Waals surface area contributed by atoms with E-state index in [1.807, 2.05) is 20.0 Å². The van der Waals surface area contributed by atoms with Crippen LogP contribution in [-0.2, 0) is 6.42 Å². The van der Waals surface area contributed by atoms with E-state index in [0.29, 0.717) is 0 Å². The minimum Gasteiger partial charge on any atom is -0.364 e. The van der Waals surface area contributed by atoms with Gasteiger partial charge in [0.2, 0.25) is 0 Å². The fourth-order valence-corrected chi connectivity index (χ4v) is 1.50. The molecule has 1 rings (SSSR count). The summed E-state index contributed by atoms with van der Waals surface area (Å²) >= 11 is 0. The minimum absolute atomic E-state index is 0.0439. The average molecular weight is 194 g/mol. The van der Waals surface area contributed by atoms with Gasteiger partial charge in [-0.25, -0.2) is 0 Å². The van der Waals surface area contributed by atoms with Gasteiger partial charge in [-0.1, -0.05) is 13.8 Å². The molecule has 0 unspecified atom stereocenters. The Kier molecular flexibility index (Phi) is 3.74. The molecule has 2 N–H and O–H groups in total. The van der Waals surface area contributed by atoms with Crippen LogP contribution in [0.4, 0.5) is 0 Å². The Morgan fingerprint density at radius 1 is 1.50 bits per heavy atom. The maximum absolute atomic E-state index is 11.7. The summed E-state index contributed by atoms with van der Waals surface area (Å²) in [5.74, 6) is 0.0439. The van der Waals surface area contributed by atoms with E-state index in [4.69, 9.17) is 0 Å². The van der Waals surface area contributed by atoms with Gasteiger partial charge in [0.05, 0.1) is 5.56 Å². The molecule has 1 aromatic heterocycles. The van der Waals surface area contributed by atoms with Crippen molar-refractivity contribution in [1.29, 1.82) is 0 Å². The third kappa shape index (κ3) is 2.16. The van der Waals surface area contributed by atoms with E-state index in [1.54, 1.807) is 0 Å². The van der Waals surface area contributed by atoms with Crippen LogP contribution in [0.1, 0.15) is 41.9 Å². The number of carbonyl (C=O) groups excluding carboxylic acids is 1. The molecule has 1 amide bonds. The molecular weight excluding hydrogens is 176 g/mol. The average Bonchev–Trinajstić information content (AvgIpc) is 2.56. The Morgan fingerprint density at radius 2 is 2.21 bits per heavy atom. The Balaban J connectivity index is 2.82. The maximum Gasteiger partial charge on any atom is 0.253 e. The van der Waals surface area contributed by atoms with Crippen molar-refractivity contribution in [1.82, 2.24) is 10.3 Å². The highest BCUT2D eigenvalue weighted by Crippen LogP contribution is 2.13. The van der Waals surface area contributed by atoms with E-state index >= 15 is 0 Å². The Bertz CT molecular complexity index is 315. The summed E-state index contributed by atoms with van der Waals surface area (Å²) in [6.07, 6.45) is 3.77. The van der Waals surface area contributed by atoms with Crippen molar-refractivity contribution in [3.05, 3.63) is 23.0 Å². The van der Waals surface area contributed by atoms with E-state index in [1.165, 1.54) is 0 Å². The third-order valence-electron chi connectivity index (χ3n) is 2.30. The van der Waals surface area contributed by atoms with Crippen LogP contribution in [-0.4, -0.2) is 17.4 Å². The zero-order chi connectivity index (χ0) is 10.6. The summed E-state index contributed by atoms with van der Waals surface area (Å²) in [5.41, 5.74) is 2.87. The number of aryl methyl sites for hydroxylation is 2. The second-order valence-corrected chi connectivity index (χ2v) is 3.42. The number of hydrogen-bond acceptors (Lipinski definition) is 1. The highest BCUT2D eigenvalue weighted by Gasteiger charge is 2.13. The SMILES string of the molecule is CCCNC(=O)c1c(CC)c[nH]c1C. The highest BCUT2D eigenvalue weighted by molar-refractivity contribution is 5.96. The van der Waals surface area contributed by atoms with E-state index in [-0.39, 0.29) is 5.91 Å². The van der Waals surface area contributed by atoms with Gasteiger partial charge in [-0.2, -0.15) is 0 Å². The number of carbonyl (C=O) groups is 1. The number of H-pyrrole nitrogens is 1. The first-order valence-electron chi connectivity index (χ1n) is 5.15. The van der Waals surface area contributed by atoms with Crippen molar-refractivity contribution in [2.75, 3.05) is 6.54 Å². The zero-order valence-corrected chi connectivity index (χ0v) is 9.11. The van der Waals surface area contributed by atoms with Crippen molar-refractivity contribution in [2.24, 2.45) is 0 Å². The molecule has 78 valence electrons.